The zero-order valence-electron chi connectivity index (χ0n) is 9.00. The van der Waals surface area contributed by atoms with Gasteiger partial charge in [-0.05, 0) is 12.3 Å². The van der Waals surface area contributed by atoms with Crippen molar-refractivity contribution in [2.45, 2.75) is 18.1 Å². The number of thioether (sulfide) groups is 1. The van der Waals surface area contributed by atoms with Gasteiger partial charge in [0, 0.05) is 6.42 Å². The smallest absolute Gasteiger partial charge is 0.277 e. The molecule has 0 N–H and O–H groups in total. The summed E-state index contributed by atoms with van der Waals surface area (Å²) in [6.07, 6.45) is 1.16. The van der Waals surface area contributed by atoms with E-state index in [2.05, 4.69) is 10.2 Å². The van der Waals surface area contributed by atoms with Crippen LogP contribution >= 0.6 is 11.8 Å². The second-order valence-corrected chi connectivity index (χ2v) is 7.04. The summed E-state index contributed by atoms with van der Waals surface area (Å²) in [6.45, 7) is 0. The number of hydrogen-bond donors (Lipinski definition) is 0. The molecule has 0 bridgehead atoms. The molecule has 0 saturated carbocycles. The van der Waals surface area contributed by atoms with Gasteiger partial charge in [-0.15, -0.1) is 10.2 Å². The van der Waals surface area contributed by atoms with E-state index in [0.29, 0.717) is 24.0 Å². The third-order valence-corrected chi connectivity index (χ3v) is 5.02. The molecule has 1 saturated heterocycles. The van der Waals surface area contributed by atoms with Gasteiger partial charge in [0.15, 0.2) is 9.84 Å². The number of nitriles is 1. The SMILES string of the molecule is N#CCSc1nnc(C[C@@H]2CCS(=O)(=O)C2)o1. The molecule has 0 radical (unpaired) electrons. The van der Waals surface area contributed by atoms with Gasteiger partial charge in [0.1, 0.15) is 0 Å². The zero-order valence-corrected chi connectivity index (χ0v) is 10.6. The lowest BCUT2D eigenvalue weighted by molar-refractivity contribution is 0.389. The molecule has 1 atom stereocenters. The molecular formula is C9H11N3O3S2. The lowest BCUT2D eigenvalue weighted by Gasteiger charge is -2.01. The first kappa shape index (κ1) is 12.4. The Bertz CT molecular complexity index is 532. The Kier molecular flexibility index (Phi) is 3.69. The van der Waals surface area contributed by atoms with Crippen molar-refractivity contribution in [1.29, 1.82) is 5.26 Å². The first-order valence-corrected chi connectivity index (χ1v) is 7.92. The summed E-state index contributed by atoms with van der Waals surface area (Å²) in [4.78, 5) is 0. The monoisotopic (exact) mass is 273 g/mol. The van der Waals surface area contributed by atoms with Crippen LogP contribution in [0.15, 0.2) is 9.64 Å². The topological polar surface area (TPSA) is 96.9 Å². The van der Waals surface area contributed by atoms with Crippen LogP contribution in [0, 0.1) is 17.2 Å². The van der Waals surface area contributed by atoms with Gasteiger partial charge in [0.25, 0.3) is 5.22 Å². The molecule has 8 heteroatoms. The van der Waals surface area contributed by atoms with Crippen molar-refractivity contribution in [3.05, 3.63) is 5.89 Å². The van der Waals surface area contributed by atoms with Crippen molar-refractivity contribution in [1.82, 2.24) is 10.2 Å². The number of rotatable bonds is 4. The van der Waals surface area contributed by atoms with E-state index in [1.54, 1.807) is 0 Å². The summed E-state index contributed by atoms with van der Waals surface area (Å²) in [7, 11) is -2.86. The maximum absolute atomic E-state index is 11.3. The summed E-state index contributed by atoms with van der Waals surface area (Å²) in [5.74, 6) is 1.25. The van der Waals surface area contributed by atoms with E-state index < -0.39 is 9.84 Å². The van der Waals surface area contributed by atoms with Gasteiger partial charge in [0.05, 0.1) is 23.3 Å². The van der Waals surface area contributed by atoms with Crippen molar-refractivity contribution in [2.24, 2.45) is 5.92 Å². The van der Waals surface area contributed by atoms with Crippen molar-refractivity contribution in [2.75, 3.05) is 17.3 Å². The molecule has 1 aromatic heterocycles. The Morgan fingerprint density at radius 2 is 2.35 bits per heavy atom. The minimum atomic E-state index is -2.86. The Morgan fingerprint density at radius 1 is 1.53 bits per heavy atom. The standard InChI is InChI=1S/C9H11N3O3S2/c10-2-3-16-9-12-11-8(15-9)5-7-1-4-17(13,14)6-7/h7H,1,3-6H2/t7-/m0/s1. The highest BCUT2D eigenvalue weighted by molar-refractivity contribution is 7.99. The average molecular weight is 273 g/mol. The van der Waals surface area contributed by atoms with E-state index in [-0.39, 0.29) is 23.2 Å². The molecule has 2 rings (SSSR count). The molecule has 0 unspecified atom stereocenters. The molecule has 1 aliphatic heterocycles. The van der Waals surface area contributed by atoms with Gasteiger partial charge in [-0.25, -0.2) is 8.42 Å². The van der Waals surface area contributed by atoms with Crippen LogP contribution in [-0.4, -0.2) is 35.9 Å². The molecule has 1 fully saturated rings. The lowest BCUT2D eigenvalue weighted by atomic mass is 10.1. The van der Waals surface area contributed by atoms with Crippen LogP contribution in [0.25, 0.3) is 0 Å². The first-order valence-electron chi connectivity index (χ1n) is 5.11. The summed E-state index contributed by atoms with van der Waals surface area (Å²) < 4.78 is 27.9. The molecule has 0 aliphatic carbocycles. The fourth-order valence-electron chi connectivity index (χ4n) is 1.75. The highest BCUT2D eigenvalue weighted by atomic mass is 32.2. The molecule has 1 aromatic rings. The third kappa shape index (κ3) is 3.44. The molecule has 17 heavy (non-hydrogen) atoms. The quantitative estimate of drug-likeness (QED) is 0.743. The molecule has 6 nitrogen and oxygen atoms in total. The Balaban J connectivity index is 1.92. The van der Waals surface area contributed by atoms with Crippen LogP contribution in [0.4, 0.5) is 0 Å². The average Bonchev–Trinajstić information content (AvgIpc) is 2.83. The fraction of sp³-hybridized carbons (Fsp3) is 0.667. The minimum Gasteiger partial charge on any atom is -0.416 e. The number of nitrogens with zero attached hydrogens (tertiary/aromatic N) is 3. The van der Waals surface area contributed by atoms with Gasteiger partial charge < -0.3 is 4.42 Å². The normalized spacial score (nSPS) is 22.4. The van der Waals surface area contributed by atoms with Gasteiger partial charge in [0.2, 0.25) is 5.89 Å². The van der Waals surface area contributed by atoms with Gasteiger partial charge >= 0.3 is 0 Å². The Hall–Kier alpha value is -1.07. The highest BCUT2D eigenvalue weighted by Crippen LogP contribution is 2.23. The number of aromatic nitrogens is 2. The second-order valence-electron chi connectivity index (χ2n) is 3.88. The predicted octanol–water partition coefficient (Wildman–Crippen LogP) is 0.662. The molecule has 0 aromatic carbocycles. The van der Waals surface area contributed by atoms with Crippen molar-refractivity contribution < 1.29 is 12.8 Å². The van der Waals surface area contributed by atoms with Crippen LogP contribution in [0.1, 0.15) is 12.3 Å². The van der Waals surface area contributed by atoms with E-state index >= 15 is 0 Å². The minimum absolute atomic E-state index is 0.0780. The summed E-state index contributed by atoms with van der Waals surface area (Å²) >= 11 is 1.18. The van der Waals surface area contributed by atoms with Gasteiger partial charge in [-0.2, -0.15) is 5.26 Å². The summed E-state index contributed by atoms with van der Waals surface area (Å²) in [5.41, 5.74) is 0. The lowest BCUT2D eigenvalue weighted by Crippen LogP contribution is -2.07. The fourth-order valence-corrected chi connectivity index (χ4v) is 4.06. The Morgan fingerprint density at radius 3 is 3.00 bits per heavy atom. The second kappa shape index (κ2) is 5.06. The van der Waals surface area contributed by atoms with Gasteiger partial charge in [-0.1, -0.05) is 11.8 Å². The summed E-state index contributed by atoms with van der Waals surface area (Å²) in [5, 5.41) is 16.4. The van der Waals surface area contributed by atoms with Crippen LogP contribution in [-0.2, 0) is 16.3 Å². The van der Waals surface area contributed by atoms with Gasteiger partial charge in [-0.3, -0.25) is 0 Å². The van der Waals surface area contributed by atoms with Crippen molar-refractivity contribution in [3.8, 4) is 6.07 Å². The largest absolute Gasteiger partial charge is 0.416 e. The number of hydrogen-bond acceptors (Lipinski definition) is 7. The van der Waals surface area contributed by atoms with Crippen LogP contribution in [0.3, 0.4) is 0 Å². The van der Waals surface area contributed by atoms with E-state index in [9.17, 15) is 8.42 Å². The predicted molar refractivity (Wildman–Crippen MR) is 61.1 cm³/mol. The maximum atomic E-state index is 11.3. The molecule has 2 heterocycles. The third-order valence-electron chi connectivity index (χ3n) is 2.50. The number of sulfone groups is 1. The van der Waals surface area contributed by atoms with E-state index in [4.69, 9.17) is 9.68 Å². The molecule has 1 aliphatic rings. The highest BCUT2D eigenvalue weighted by Gasteiger charge is 2.29. The first-order chi connectivity index (χ1) is 8.09. The zero-order chi connectivity index (χ0) is 12.3. The molecular weight excluding hydrogens is 262 g/mol. The maximum Gasteiger partial charge on any atom is 0.277 e. The van der Waals surface area contributed by atoms with Crippen LogP contribution in [0.5, 0.6) is 0 Å². The molecule has 0 spiro atoms. The summed E-state index contributed by atoms with van der Waals surface area (Å²) in [6, 6.07) is 1.97. The van der Waals surface area contributed by atoms with Crippen LogP contribution in [0.2, 0.25) is 0 Å². The van der Waals surface area contributed by atoms with E-state index in [1.165, 1.54) is 11.8 Å². The molecule has 0 amide bonds. The van der Waals surface area contributed by atoms with E-state index in [1.807, 2.05) is 6.07 Å². The Labute approximate surface area is 103 Å². The van der Waals surface area contributed by atoms with Crippen molar-refractivity contribution >= 4 is 21.6 Å². The van der Waals surface area contributed by atoms with Crippen LogP contribution < -0.4 is 0 Å². The van der Waals surface area contributed by atoms with E-state index in [0.717, 1.165) is 0 Å². The van der Waals surface area contributed by atoms with Crippen molar-refractivity contribution in [3.63, 3.8) is 0 Å². The molecule has 92 valence electrons.